The van der Waals surface area contributed by atoms with Gasteiger partial charge in [-0.15, -0.1) is 0 Å². The van der Waals surface area contributed by atoms with Crippen LogP contribution in [0.15, 0.2) is 23.3 Å². The summed E-state index contributed by atoms with van der Waals surface area (Å²) < 4.78 is 0. The highest BCUT2D eigenvalue weighted by atomic mass is 16.2. The van der Waals surface area contributed by atoms with E-state index in [0.717, 1.165) is 25.9 Å². The van der Waals surface area contributed by atoms with Crippen molar-refractivity contribution in [2.75, 3.05) is 26.7 Å². The number of hydrogen-bond donors (Lipinski definition) is 3. The summed E-state index contributed by atoms with van der Waals surface area (Å²) in [5.41, 5.74) is -0.159. The molecule has 3 N–H and O–H groups in total. The highest BCUT2D eigenvalue weighted by Crippen LogP contribution is 2.10. The predicted octanol–water partition coefficient (Wildman–Crippen LogP) is -0.685. The summed E-state index contributed by atoms with van der Waals surface area (Å²) in [7, 11) is 1.62. The van der Waals surface area contributed by atoms with Crippen molar-refractivity contribution >= 4 is 11.8 Å². The molecule has 1 aromatic rings. The van der Waals surface area contributed by atoms with Gasteiger partial charge in [-0.1, -0.05) is 0 Å². The summed E-state index contributed by atoms with van der Waals surface area (Å²) in [5, 5.41) is 5.47. The normalized spacial score (nSPS) is 16.4. The molecule has 1 aliphatic rings. The van der Waals surface area contributed by atoms with E-state index in [-0.39, 0.29) is 28.8 Å². The van der Waals surface area contributed by atoms with Crippen LogP contribution in [0.4, 0.5) is 0 Å². The van der Waals surface area contributed by atoms with Crippen LogP contribution in [0.1, 0.15) is 23.2 Å². The Morgan fingerprint density at radius 2 is 2.10 bits per heavy atom. The molecule has 114 valence electrons. The molecule has 0 aromatic carbocycles. The highest BCUT2D eigenvalue weighted by molar-refractivity contribution is 5.93. The molecule has 21 heavy (non-hydrogen) atoms. The van der Waals surface area contributed by atoms with Gasteiger partial charge in [-0.05, 0) is 12.8 Å². The van der Waals surface area contributed by atoms with Crippen molar-refractivity contribution in [1.29, 1.82) is 0 Å². The van der Waals surface area contributed by atoms with Crippen LogP contribution < -0.4 is 16.1 Å². The Kier molecular flexibility index (Phi) is 5.10. The largest absolute Gasteiger partial charge is 0.367 e. The lowest BCUT2D eigenvalue weighted by molar-refractivity contribution is -0.122. The minimum absolute atomic E-state index is 0.00620. The van der Waals surface area contributed by atoms with Crippen molar-refractivity contribution in [3.05, 3.63) is 34.2 Å². The maximum Gasteiger partial charge on any atom is 0.256 e. The number of piperidine rings is 1. The van der Waals surface area contributed by atoms with Gasteiger partial charge < -0.3 is 15.6 Å². The number of aromatic amines is 1. The second kappa shape index (κ2) is 7.03. The molecule has 2 rings (SSSR count). The van der Waals surface area contributed by atoms with E-state index in [0.29, 0.717) is 6.54 Å². The fourth-order valence-corrected chi connectivity index (χ4v) is 2.37. The van der Waals surface area contributed by atoms with Crippen molar-refractivity contribution in [3.63, 3.8) is 0 Å². The van der Waals surface area contributed by atoms with Crippen molar-refractivity contribution < 1.29 is 9.59 Å². The fraction of sp³-hybridized carbons (Fsp3) is 0.500. The number of carbonyl (C=O) groups is 2. The maximum absolute atomic E-state index is 12.0. The van der Waals surface area contributed by atoms with E-state index in [4.69, 9.17) is 0 Å². The average Bonchev–Trinajstić information content (AvgIpc) is 2.49. The molecule has 0 saturated carbocycles. The Labute approximate surface area is 122 Å². The molecule has 0 atom stereocenters. The fourth-order valence-electron chi connectivity index (χ4n) is 2.37. The van der Waals surface area contributed by atoms with Gasteiger partial charge in [0.05, 0.1) is 6.54 Å². The first-order chi connectivity index (χ1) is 10.1. The molecule has 2 amide bonds. The lowest BCUT2D eigenvalue weighted by atomic mass is 10.0. The molecule has 0 spiro atoms. The third-order valence-electron chi connectivity index (χ3n) is 3.64. The summed E-state index contributed by atoms with van der Waals surface area (Å²) in [5.74, 6) is -0.352. The highest BCUT2D eigenvalue weighted by Gasteiger charge is 2.22. The molecule has 0 aliphatic carbocycles. The third kappa shape index (κ3) is 4.16. The van der Waals surface area contributed by atoms with Gasteiger partial charge in [0.25, 0.3) is 5.91 Å². The molecular formula is C14H20N4O3. The van der Waals surface area contributed by atoms with Crippen LogP contribution in [0.25, 0.3) is 0 Å². The zero-order valence-electron chi connectivity index (χ0n) is 12.0. The van der Waals surface area contributed by atoms with Crippen LogP contribution in [0.3, 0.4) is 0 Å². The van der Waals surface area contributed by atoms with Crippen molar-refractivity contribution in [3.8, 4) is 0 Å². The van der Waals surface area contributed by atoms with Gasteiger partial charge in [0.1, 0.15) is 5.56 Å². The quantitative estimate of drug-likeness (QED) is 0.685. The molecule has 1 fully saturated rings. The van der Waals surface area contributed by atoms with E-state index in [1.165, 1.54) is 18.5 Å². The smallest absolute Gasteiger partial charge is 0.256 e. The monoisotopic (exact) mass is 292 g/mol. The molecule has 1 aromatic heterocycles. The number of nitrogens with zero attached hydrogens (tertiary/aromatic N) is 1. The van der Waals surface area contributed by atoms with Gasteiger partial charge in [-0.2, -0.15) is 0 Å². The van der Waals surface area contributed by atoms with Gasteiger partial charge >= 0.3 is 0 Å². The van der Waals surface area contributed by atoms with Crippen LogP contribution in [-0.2, 0) is 4.79 Å². The number of pyridine rings is 1. The topological polar surface area (TPSA) is 94.3 Å². The van der Waals surface area contributed by atoms with Crippen LogP contribution in [0.2, 0.25) is 0 Å². The summed E-state index contributed by atoms with van der Waals surface area (Å²) in [6, 6.07) is 1.37. The molecule has 2 heterocycles. The first-order valence-corrected chi connectivity index (χ1v) is 7.01. The second-order valence-corrected chi connectivity index (χ2v) is 5.12. The number of hydrogen-bond acceptors (Lipinski definition) is 4. The lowest BCUT2D eigenvalue weighted by Gasteiger charge is -2.31. The molecule has 1 saturated heterocycles. The van der Waals surface area contributed by atoms with E-state index in [2.05, 4.69) is 20.5 Å². The number of rotatable bonds is 4. The van der Waals surface area contributed by atoms with Crippen LogP contribution in [0, 0.1) is 0 Å². The SMILES string of the molecule is CNC(=O)CN1CCC(NC(=O)c2c[nH]ccc2=O)CC1. The molecule has 0 radical (unpaired) electrons. The summed E-state index contributed by atoms with van der Waals surface area (Å²) in [6.45, 7) is 1.89. The number of aromatic nitrogens is 1. The van der Waals surface area contributed by atoms with Gasteiger partial charge in [0, 0.05) is 44.6 Å². The maximum atomic E-state index is 12.0. The Bertz CT molecular complexity index is 561. The van der Waals surface area contributed by atoms with E-state index in [9.17, 15) is 14.4 Å². The van der Waals surface area contributed by atoms with E-state index >= 15 is 0 Å². The number of carbonyl (C=O) groups excluding carboxylic acids is 2. The minimum atomic E-state index is -0.346. The number of H-pyrrole nitrogens is 1. The second-order valence-electron chi connectivity index (χ2n) is 5.12. The van der Waals surface area contributed by atoms with E-state index in [1.54, 1.807) is 7.05 Å². The Morgan fingerprint density at radius 3 is 2.71 bits per heavy atom. The average molecular weight is 292 g/mol. The molecule has 0 bridgehead atoms. The Balaban J connectivity index is 1.84. The number of likely N-dealkylation sites (N-methyl/N-ethyl adjacent to an activating group) is 1. The lowest BCUT2D eigenvalue weighted by Crippen LogP contribution is -2.47. The molecular weight excluding hydrogens is 272 g/mol. The molecule has 0 unspecified atom stereocenters. The van der Waals surface area contributed by atoms with Crippen molar-refractivity contribution in [1.82, 2.24) is 20.5 Å². The minimum Gasteiger partial charge on any atom is -0.367 e. The van der Waals surface area contributed by atoms with Crippen LogP contribution in [-0.4, -0.2) is 54.4 Å². The van der Waals surface area contributed by atoms with E-state index in [1.807, 2.05) is 0 Å². The standard InChI is InChI=1S/C14H20N4O3/c1-15-13(20)9-18-6-3-10(4-7-18)17-14(21)11-8-16-5-2-12(11)19/h2,5,8,10H,3-4,6-7,9H2,1H3,(H,15,20)(H,16,19)(H,17,21). The molecule has 7 heteroatoms. The van der Waals surface area contributed by atoms with Crippen LogP contribution in [0.5, 0.6) is 0 Å². The van der Waals surface area contributed by atoms with Crippen molar-refractivity contribution in [2.24, 2.45) is 0 Å². The first kappa shape index (κ1) is 15.2. The molecule has 7 nitrogen and oxygen atoms in total. The summed E-state index contributed by atoms with van der Waals surface area (Å²) in [4.78, 5) is 39.7. The summed E-state index contributed by atoms with van der Waals surface area (Å²) in [6.07, 6.45) is 4.45. The van der Waals surface area contributed by atoms with Gasteiger partial charge in [0.2, 0.25) is 5.91 Å². The van der Waals surface area contributed by atoms with Gasteiger partial charge in [0.15, 0.2) is 5.43 Å². The zero-order valence-corrected chi connectivity index (χ0v) is 12.0. The van der Waals surface area contributed by atoms with Gasteiger partial charge in [-0.3, -0.25) is 19.3 Å². The predicted molar refractivity (Wildman–Crippen MR) is 78.1 cm³/mol. The van der Waals surface area contributed by atoms with Crippen LogP contribution >= 0.6 is 0 Å². The Morgan fingerprint density at radius 1 is 1.38 bits per heavy atom. The zero-order chi connectivity index (χ0) is 15.2. The Hall–Kier alpha value is -2.15. The summed E-state index contributed by atoms with van der Waals surface area (Å²) >= 11 is 0. The number of amides is 2. The molecule has 1 aliphatic heterocycles. The van der Waals surface area contributed by atoms with E-state index < -0.39 is 0 Å². The number of likely N-dealkylation sites (tertiary alicyclic amines) is 1. The number of nitrogens with one attached hydrogen (secondary N) is 3. The first-order valence-electron chi connectivity index (χ1n) is 7.01. The van der Waals surface area contributed by atoms with Gasteiger partial charge in [-0.25, -0.2) is 0 Å². The third-order valence-corrected chi connectivity index (χ3v) is 3.64. The van der Waals surface area contributed by atoms with Crippen molar-refractivity contribution in [2.45, 2.75) is 18.9 Å².